The van der Waals surface area contributed by atoms with Crippen LogP contribution in [0.15, 0.2) is 12.3 Å². The van der Waals surface area contributed by atoms with Crippen molar-refractivity contribution in [1.29, 1.82) is 0 Å². The highest BCUT2D eigenvalue weighted by molar-refractivity contribution is 5.30. The lowest BCUT2D eigenvalue weighted by Gasteiger charge is -2.23. The van der Waals surface area contributed by atoms with Gasteiger partial charge in [0.1, 0.15) is 6.61 Å². The average molecular weight is 286 g/mol. The highest BCUT2D eigenvalue weighted by atomic mass is 19.4. The zero-order valence-corrected chi connectivity index (χ0v) is 11.2. The summed E-state index contributed by atoms with van der Waals surface area (Å²) in [5, 5.41) is 3.40. The first-order chi connectivity index (χ1) is 9.43. The number of aromatic nitrogens is 1. The fourth-order valence-corrected chi connectivity index (χ4v) is 2.83. The van der Waals surface area contributed by atoms with Crippen LogP contribution in [-0.2, 0) is 6.18 Å². The van der Waals surface area contributed by atoms with E-state index < -0.39 is 11.7 Å². The van der Waals surface area contributed by atoms with Crippen molar-refractivity contribution in [3.63, 3.8) is 0 Å². The summed E-state index contributed by atoms with van der Waals surface area (Å²) in [5.41, 5.74) is -0.567. The summed E-state index contributed by atoms with van der Waals surface area (Å²) in [5.74, 6) is 1.90. The van der Waals surface area contributed by atoms with Gasteiger partial charge in [0, 0.05) is 18.3 Å². The molecule has 110 valence electrons. The first-order valence-corrected chi connectivity index (χ1v) is 6.83. The van der Waals surface area contributed by atoms with Crippen molar-refractivity contribution in [2.75, 3.05) is 13.2 Å². The van der Waals surface area contributed by atoms with Crippen molar-refractivity contribution >= 4 is 0 Å². The molecule has 1 aromatic heterocycles. The van der Waals surface area contributed by atoms with Crippen LogP contribution in [0.5, 0.6) is 5.88 Å². The lowest BCUT2D eigenvalue weighted by molar-refractivity contribution is -0.138. The summed E-state index contributed by atoms with van der Waals surface area (Å²) in [6, 6.07) is 1.63. The molecule has 0 radical (unpaired) electrons. The Kier molecular flexibility index (Phi) is 3.36. The van der Waals surface area contributed by atoms with Gasteiger partial charge in [-0.25, -0.2) is 4.98 Å². The lowest BCUT2D eigenvalue weighted by Crippen LogP contribution is -2.39. The summed E-state index contributed by atoms with van der Waals surface area (Å²) >= 11 is 0. The van der Waals surface area contributed by atoms with E-state index in [2.05, 4.69) is 10.3 Å². The zero-order valence-electron chi connectivity index (χ0n) is 11.2. The molecule has 1 saturated carbocycles. The minimum atomic E-state index is -4.36. The molecule has 0 aromatic carbocycles. The predicted octanol–water partition coefficient (Wildman–Crippen LogP) is 2.79. The Hall–Kier alpha value is -1.30. The Morgan fingerprint density at radius 2 is 2.15 bits per heavy atom. The predicted molar refractivity (Wildman–Crippen MR) is 67.5 cm³/mol. The SMILES string of the molecule is Cc1cc(OC[C@@H]2C[C@@H]3C[C@@H]3CN2)ncc1C(F)(F)F. The fraction of sp³-hybridized carbons (Fsp3) is 0.643. The number of nitrogens with one attached hydrogen (secondary N) is 1. The molecule has 0 bridgehead atoms. The molecule has 0 amide bonds. The van der Waals surface area contributed by atoms with E-state index in [1.165, 1.54) is 19.4 Å². The summed E-state index contributed by atoms with van der Waals surface area (Å²) in [6.07, 6.45) is -1.14. The van der Waals surface area contributed by atoms with E-state index in [1.807, 2.05) is 0 Å². The van der Waals surface area contributed by atoms with Crippen molar-refractivity contribution in [3.05, 3.63) is 23.4 Å². The third-order valence-corrected chi connectivity index (χ3v) is 4.15. The number of pyridine rings is 1. The molecular weight excluding hydrogens is 269 g/mol. The summed E-state index contributed by atoms with van der Waals surface area (Å²) in [4.78, 5) is 3.75. The molecule has 1 aliphatic heterocycles. The molecule has 3 rings (SSSR count). The standard InChI is InChI=1S/C14H17F3N2O/c1-8-2-13(19-6-12(8)14(15,16)17)20-7-11-4-9-3-10(9)5-18-11/h2,6,9-11,18H,3-5,7H2,1H3/t9-,10+,11-/m0/s1. The summed E-state index contributed by atoms with van der Waals surface area (Å²) < 4.78 is 43.4. The van der Waals surface area contributed by atoms with Crippen molar-refractivity contribution in [3.8, 4) is 5.88 Å². The van der Waals surface area contributed by atoms with Gasteiger partial charge in [-0.2, -0.15) is 13.2 Å². The third kappa shape index (κ3) is 2.90. The van der Waals surface area contributed by atoms with Crippen LogP contribution in [0, 0.1) is 18.8 Å². The van der Waals surface area contributed by atoms with E-state index in [-0.39, 0.29) is 17.5 Å². The number of nitrogens with zero attached hydrogens (tertiary/aromatic N) is 1. The summed E-state index contributed by atoms with van der Waals surface area (Å²) in [7, 11) is 0. The van der Waals surface area contributed by atoms with Crippen molar-refractivity contribution in [2.45, 2.75) is 32.0 Å². The number of fused-ring (bicyclic) bond motifs is 1. The minimum Gasteiger partial charge on any atom is -0.476 e. The number of aryl methyl sites for hydroxylation is 1. The van der Waals surface area contributed by atoms with E-state index in [4.69, 9.17) is 4.74 Å². The fourth-order valence-electron chi connectivity index (χ4n) is 2.83. The maximum absolute atomic E-state index is 12.6. The van der Waals surface area contributed by atoms with Gasteiger partial charge in [0.2, 0.25) is 5.88 Å². The van der Waals surface area contributed by atoms with Gasteiger partial charge in [-0.1, -0.05) is 0 Å². The molecule has 3 atom stereocenters. The van der Waals surface area contributed by atoms with Gasteiger partial charge in [-0.05, 0) is 43.7 Å². The van der Waals surface area contributed by atoms with E-state index in [9.17, 15) is 13.2 Å². The van der Waals surface area contributed by atoms with Crippen LogP contribution in [0.25, 0.3) is 0 Å². The molecule has 1 aromatic rings. The van der Waals surface area contributed by atoms with E-state index >= 15 is 0 Å². The quantitative estimate of drug-likeness (QED) is 0.927. The Labute approximate surface area is 115 Å². The number of halogens is 3. The largest absolute Gasteiger partial charge is 0.476 e. The van der Waals surface area contributed by atoms with Crippen LogP contribution in [0.4, 0.5) is 13.2 Å². The van der Waals surface area contributed by atoms with E-state index in [0.29, 0.717) is 6.61 Å². The molecule has 2 heterocycles. The molecule has 1 saturated heterocycles. The van der Waals surface area contributed by atoms with Crippen molar-refractivity contribution < 1.29 is 17.9 Å². The number of alkyl halides is 3. The minimum absolute atomic E-state index is 0.140. The Morgan fingerprint density at radius 1 is 1.35 bits per heavy atom. The zero-order chi connectivity index (χ0) is 14.3. The number of piperidine rings is 1. The number of ether oxygens (including phenoxy) is 1. The molecule has 2 fully saturated rings. The van der Waals surface area contributed by atoms with E-state index in [1.54, 1.807) is 0 Å². The molecule has 1 N–H and O–H groups in total. The summed E-state index contributed by atoms with van der Waals surface area (Å²) in [6.45, 7) is 2.91. The van der Waals surface area contributed by atoms with Gasteiger partial charge < -0.3 is 10.1 Å². The number of hydrogen-bond donors (Lipinski definition) is 1. The second kappa shape index (κ2) is 4.91. The normalized spacial score (nSPS) is 28.9. The maximum atomic E-state index is 12.6. The van der Waals surface area contributed by atoms with Crippen LogP contribution >= 0.6 is 0 Å². The molecule has 2 aliphatic rings. The first-order valence-electron chi connectivity index (χ1n) is 6.83. The number of hydrogen-bond acceptors (Lipinski definition) is 3. The molecule has 20 heavy (non-hydrogen) atoms. The molecule has 1 aliphatic carbocycles. The van der Waals surface area contributed by atoms with Crippen LogP contribution in [0.2, 0.25) is 0 Å². The van der Waals surface area contributed by atoms with Gasteiger partial charge in [-0.3, -0.25) is 0 Å². The second-order valence-corrected chi connectivity index (χ2v) is 5.74. The van der Waals surface area contributed by atoms with Crippen LogP contribution in [-0.4, -0.2) is 24.2 Å². The van der Waals surface area contributed by atoms with Crippen LogP contribution in [0.3, 0.4) is 0 Å². The third-order valence-electron chi connectivity index (χ3n) is 4.15. The Balaban J connectivity index is 1.59. The smallest absolute Gasteiger partial charge is 0.418 e. The highest BCUT2D eigenvalue weighted by Gasteiger charge is 2.42. The van der Waals surface area contributed by atoms with Gasteiger partial charge in [0.05, 0.1) is 5.56 Å². The van der Waals surface area contributed by atoms with Crippen LogP contribution in [0.1, 0.15) is 24.0 Å². The molecule has 6 heteroatoms. The molecule has 3 nitrogen and oxygen atoms in total. The van der Waals surface area contributed by atoms with Gasteiger partial charge in [0.15, 0.2) is 0 Å². The topological polar surface area (TPSA) is 34.1 Å². The second-order valence-electron chi connectivity index (χ2n) is 5.74. The molecule has 0 unspecified atom stereocenters. The lowest BCUT2D eigenvalue weighted by atomic mass is 10.1. The molecular formula is C14H17F3N2O. The Morgan fingerprint density at radius 3 is 2.80 bits per heavy atom. The van der Waals surface area contributed by atoms with Gasteiger partial charge >= 0.3 is 6.18 Å². The van der Waals surface area contributed by atoms with Crippen molar-refractivity contribution in [1.82, 2.24) is 10.3 Å². The van der Waals surface area contributed by atoms with Gasteiger partial charge in [-0.15, -0.1) is 0 Å². The van der Waals surface area contributed by atoms with Crippen molar-refractivity contribution in [2.24, 2.45) is 11.8 Å². The number of rotatable bonds is 3. The monoisotopic (exact) mass is 286 g/mol. The molecule has 0 spiro atoms. The van der Waals surface area contributed by atoms with Crippen LogP contribution < -0.4 is 10.1 Å². The average Bonchev–Trinajstić information content (AvgIpc) is 3.13. The highest BCUT2D eigenvalue weighted by Crippen LogP contribution is 2.44. The van der Waals surface area contributed by atoms with E-state index in [0.717, 1.165) is 31.0 Å². The maximum Gasteiger partial charge on any atom is 0.418 e. The Bertz CT molecular complexity index is 504. The first kappa shape index (κ1) is 13.7. The van der Waals surface area contributed by atoms with Gasteiger partial charge in [0.25, 0.3) is 0 Å².